The fourth-order valence-electron chi connectivity index (χ4n) is 3.13. The molecule has 4 rings (SSSR count). The van der Waals surface area contributed by atoms with Crippen LogP contribution >= 0.6 is 0 Å². The first-order chi connectivity index (χ1) is 13.1. The van der Waals surface area contributed by atoms with Gasteiger partial charge in [-0.15, -0.1) is 0 Å². The van der Waals surface area contributed by atoms with Gasteiger partial charge in [-0.3, -0.25) is 4.57 Å². The number of pyridine rings is 2. The van der Waals surface area contributed by atoms with Gasteiger partial charge in [0, 0.05) is 11.1 Å². The van der Waals surface area contributed by atoms with Crippen LogP contribution in [0.5, 0.6) is 0 Å². The number of aromatic nitrogens is 4. The van der Waals surface area contributed by atoms with Crippen LogP contribution in [0, 0.1) is 18.6 Å². The summed E-state index contributed by atoms with van der Waals surface area (Å²) in [6.07, 6.45) is 1.45. The zero-order valence-electron chi connectivity index (χ0n) is 14.4. The Morgan fingerprint density at radius 2 is 1.89 bits per heavy atom. The largest absolute Gasteiger partial charge is 0.326 e. The van der Waals surface area contributed by atoms with E-state index < -0.39 is 32.2 Å². The summed E-state index contributed by atoms with van der Waals surface area (Å²) < 4.78 is 52.2. The summed E-state index contributed by atoms with van der Waals surface area (Å²) in [5, 5.41) is 5.42. The number of halogens is 2. The van der Waals surface area contributed by atoms with E-state index in [1.54, 1.807) is 19.1 Å². The minimum atomic E-state index is -4.56. The van der Waals surface area contributed by atoms with E-state index in [1.165, 1.54) is 10.8 Å². The van der Waals surface area contributed by atoms with Crippen molar-refractivity contribution >= 4 is 32.1 Å². The quantitative estimate of drug-likeness (QED) is 0.535. The Morgan fingerprint density at radius 3 is 2.54 bits per heavy atom. The number of sulfonamides is 1. The molecule has 0 amide bonds. The molecule has 11 heteroatoms. The van der Waals surface area contributed by atoms with E-state index in [0.717, 1.165) is 17.8 Å². The summed E-state index contributed by atoms with van der Waals surface area (Å²) in [7, 11) is -4.56. The van der Waals surface area contributed by atoms with Crippen molar-refractivity contribution in [2.24, 2.45) is 5.14 Å². The van der Waals surface area contributed by atoms with Crippen molar-refractivity contribution in [1.82, 2.24) is 19.5 Å². The van der Waals surface area contributed by atoms with E-state index in [1.807, 2.05) is 0 Å². The highest BCUT2D eigenvalue weighted by Crippen LogP contribution is 2.23. The smallest absolute Gasteiger partial charge is 0.304 e. The van der Waals surface area contributed by atoms with Gasteiger partial charge in [-0.05, 0) is 36.8 Å². The molecule has 0 aliphatic carbocycles. The fraction of sp³-hybridized carbons (Fsp3) is 0.118. The Bertz CT molecular complexity index is 1400. The molecule has 3 aromatic heterocycles. The van der Waals surface area contributed by atoms with Gasteiger partial charge < -0.3 is 4.98 Å². The van der Waals surface area contributed by atoms with Gasteiger partial charge in [-0.2, -0.15) is 0 Å². The third-order valence-electron chi connectivity index (χ3n) is 4.28. The maximum Gasteiger partial charge on any atom is 0.326 e. The molecule has 0 radical (unpaired) electrons. The molecule has 0 spiro atoms. The number of H-pyrrole nitrogens is 1. The van der Waals surface area contributed by atoms with Crippen molar-refractivity contribution < 1.29 is 17.2 Å². The SMILES string of the molecule is Cc1ccc2c(ncc3[nH]c(=O)n(Cc4cc(F)c(S(N)(=O)=O)c(F)c4)c32)n1. The maximum absolute atomic E-state index is 14.1. The number of benzene rings is 1. The minimum Gasteiger partial charge on any atom is -0.304 e. The van der Waals surface area contributed by atoms with Crippen LogP contribution in [0.3, 0.4) is 0 Å². The van der Waals surface area contributed by atoms with Crippen LogP contribution in [-0.2, 0) is 16.6 Å². The first-order valence-electron chi connectivity index (χ1n) is 8.01. The molecule has 144 valence electrons. The molecule has 3 N–H and O–H groups in total. The Labute approximate surface area is 156 Å². The number of fused-ring (bicyclic) bond motifs is 3. The molecule has 0 aliphatic heterocycles. The van der Waals surface area contributed by atoms with Gasteiger partial charge in [0.1, 0.15) is 11.6 Å². The number of nitrogens with two attached hydrogens (primary N) is 1. The molecule has 0 bridgehead atoms. The highest BCUT2D eigenvalue weighted by molar-refractivity contribution is 7.89. The molecule has 3 heterocycles. The lowest BCUT2D eigenvalue weighted by molar-refractivity contribution is 0.516. The van der Waals surface area contributed by atoms with Gasteiger partial charge >= 0.3 is 5.69 Å². The minimum absolute atomic E-state index is 0.0513. The van der Waals surface area contributed by atoms with Crippen LogP contribution in [0.4, 0.5) is 8.78 Å². The first-order valence-corrected chi connectivity index (χ1v) is 9.55. The van der Waals surface area contributed by atoms with Crippen molar-refractivity contribution in [3.05, 3.63) is 63.8 Å². The van der Waals surface area contributed by atoms with E-state index in [4.69, 9.17) is 5.14 Å². The second-order valence-corrected chi connectivity index (χ2v) is 7.79. The normalized spacial score (nSPS) is 12.1. The number of aromatic amines is 1. The van der Waals surface area contributed by atoms with Crippen LogP contribution in [0.25, 0.3) is 22.1 Å². The highest BCUT2D eigenvalue weighted by Gasteiger charge is 2.22. The third kappa shape index (κ3) is 2.94. The average molecular weight is 405 g/mol. The Morgan fingerprint density at radius 1 is 1.21 bits per heavy atom. The summed E-state index contributed by atoms with van der Waals surface area (Å²) in [4.78, 5) is 22.3. The monoisotopic (exact) mass is 405 g/mol. The van der Waals surface area contributed by atoms with Crippen LogP contribution < -0.4 is 10.8 Å². The van der Waals surface area contributed by atoms with E-state index >= 15 is 0 Å². The Balaban J connectivity index is 1.91. The van der Waals surface area contributed by atoms with E-state index in [0.29, 0.717) is 22.1 Å². The predicted molar refractivity (Wildman–Crippen MR) is 97.2 cm³/mol. The van der Waals surface area contributed by atoms with Gasteiger partial charge in [0.15, 0.2) is 10.5 Å². The van der Waals surface area contributed by atoms with Crippen LogP contribution in [0.2, 0.25) is 0 Å². The Kier molecular flexibility index (Phi) is 4.01. The molecular weight excluding hydrogens is 392 g/mol. The molecule has 0 saturated heterocycles. The van der Waals surface area contributed by atoms with Gasteiger partial charge in [0.25, 0.3) is 0 Å². The van der Waals surface area contributed by atoms with Crippen molar-refractivity contribution in [1.29, 1.82) is 0 Å². The van der Waals surface area contributed by atoms with E-state index in [2.05, 4.69) is 15.0 Å². The second-order valence-electron chi connectivity index (χ2n) is 6.29. The number of imidazole rings is 1. The number of nitrogens with one attached hydrogen (secondary N) is 1. The number of rotatable bonds is 3. The maximum atomic E-state index is 14.1. The summed E-state index contributed by atoms with van der Waals surface area (Å²) in [5.41, 5.74) is 1.61. The lowest BCUT2D eigenvalue weighted by Crippen LogP contribution is -2.19. The van der Waals surface area contributed by atoms with Gasteiger partial charge in [-0.1, -0.05) is 0 Å². The topological polar surface area (TPSA) is 124 Å². The number of primary sulfonamides is 1. The van der Waals surface area contributed by atoms with E-state index in [-0.39, 0.29) is 12.1 Å². The Hall–Kier alpha value is -3.18. The van der Waals surface area contributed by atoms with Crippen molar-refractivity contribution in [2.75, 3.05) is 0 Å². The lowest BCUT2D eigenvalue weighted by Gasteiger charge is -2.09. The van der Waals surface area contributed by atoms with Crippen molar-refractivity contribution in [3.63, 3.8) is 0 Å². The zero-order chi connectivity index (χ0) is 20.2. The summed E-state index contributed by atoms with van der Waals surface area (Å²) in [6.45, 7) is 1.60. The van der Waals surface area contributed by atoms with Crippen LogP contribution in [0.15, 0.2) is 40.2 Å². The predicted octanol–water partition coefficient (Wildman–Crippen LogP) is 1.56. The fourth-order valence-corrected chi connectivity index (χ4v) is 3.80. The first kappa shape index (κ1) is 18.2. The van der Waals surface area contributed by atoms with Crippen LogP contribution in [0.1, 0.15) is 11.3 Å². The molecular formula is C17H13F2N5O3S. The average Bonchev–Trinajstić information content (AvgIpc) is 2.88. The van der Waals surface area contributed by atoms with Crippen LogP contribution in [-0.4, -0.2) is 27.9 Å². The van der Waals surface area contributed by atoms with Gasteiger partial charge in [-0.25, -0.2) is 37.1 Å². The third-order valence-corrected chi connectivity index (χ3v) is 5.24. The van der Waals surface area contributed by atoms with E-state index in [9.17, 15) is 22.0 Å². The molecule has 0 unspecified atom stereocenters. The second kappa shape index (κ2) is 6.17. The number of aryl methyl sites for hydroxylation is 1. The van der Waals surface area contributed by atoms with Crippen molar-refractivity contribution in [3.8, 4) is 0 Å². The molecule has 0 fully saturated rings. The summed E-state index contributed by atoms with van der Waals surface area (Å²) in [6, 6.07) is 5.17. The molecule has 8 nitrogen and oxygen atoms in total. The number of nitrogens with zero attached hydrogens (tertiary/aromatic N) is 3. The van der Waals surface area contributed by atoms with Gasteiger partial charge in [0.2, 0.25) is 10.0 Å². The molecule has 28 heavy (non-hydrogen) atoms. The summed E-state index contributed by atoms with van der Waals surface area (Å²) >= 11 is 0. The zero-order valence-corrected chi connectivity index (χ0v) is 15.2. The molecule has 1 aromatic carbocycles. The lowest BCUT2D eigenvalue weighted by atomic mass is 10.2. The standard InChI is InChI=1S/C17H13F2N5O3S/c1-8-2-3-10-14-13(6-21-16(10)22-8)23-17(25)24(14)7-9-4-11(18)15(12(19)5-9)28(20,26)27/h2-6H,7H2,1H3,(H,23,25)(H2,20,26,27). The van der Waals surface area contributed by atoms with Crippen molar-refractivity contribution in [2.45, 2.75) is 18.4 Å². The number of hydrogen-bond donors (Lipinski definition) is 2. The molecule has 4 aromatic rings. The highest BCUT2D eigenvalue weighted by atomic mass is 32.2. The molecule has 0 aliphatic rings. The molecule has 0 atom stereocenters. The molecule has 0 saturated carbocycles. The number of hydrogen-bond acceptors (Lipinski definition) is 5. The summed E-state index contributed by atoms with van der Waals surface area (Å²) in [5.74, 6) is -2.65. The van der Waals surface area contributed by atoms with Gasteiger partial charge in [0.05, 0.1) is 23.8 Å².